The second-order valence-corrected chi connectivity index (χ2v) is 9.25. The van der Waals surface area contributed by atoms with Gasteiger partial charge in [0, 0.05) is 32.0 Å². The van der Waals surface area contributed by atoms with E-state index in [1.807, 2.05) is 0 Å². The Morgan fingerprint density at radius 1 is 1.11 bits per heavy atom. The van der Waals surface area contributed by atoms with Crippen LogP contribution in [0.3, 0.4) is 0 Å². The summed E-state index contributed by atoms with van der Waals surface area (Å²) in [5.74, 6) is -1.46. The molecule has 3 N–H and O–H groups in total. The van der Waals surface area contributed by atoms with Crippen LogP contribution in [0, 0.1) is 6.92 Å². The molecule has 2 aromatic carbocycles. The summed E-state index contributed by atoms with van der Waals surface area (Å²) in [6, 6.07) is 10.6. The monoisotopic (exact) mass is 518 g/mol. The Labute approximate surface area is 207 Å². The molecular formula is C23H26N4O8S. The van der Waals surface area contributed by atoms with Crippen molar-refractivity contribution in [3.8, 4) is 17.4 Å². The minimum absolute atomic E-state index is 0.00995. The van der Waals surface area contributed by atoms with Gasteiger partial charge in [0.15, 0.2) is 5.69 Å². The third kappa shape index (κ3) is 5.82. The molecule has 1 aromatic heterocycles. The first kappa shape index (κ1) is 26.7. The molecule has 0 aliphatic heterocycles. The molecule has 0 unspecified atom stereocenters. The van der Waals surface area contributed by atoms with Crippen LogP contribution in [0.4, 0.5) is 5.69 Å². The van der Waals surface area contributed by atoms with Crippen LogP contribution in [-0.4, -0.2) is 62.6 Å². The van der Waals surface area contributed by atoms with Crippen LogP contribution in [0.25, 0.3) is 0 Å². The Balaban J connectivity index is 2.02. The largest absolute Gasteiger partial charge is 0.496 e. The molecule has 192 valence electrons. The first-order valence-electron chi connectivity index (χ1n) is 10.6. The lowest BCUT2D eigenvalue weighted by Gasteiger charge is -2.15. The lowest BCUT2D eigenvalue weighted by atomic mass is 10.2. The van der Waals surface area contributed by atoms with E-state index in [2.05, 4.69) is 15.1 Å². The van der Waals surface area contributed by atoms with Crippen molar-refractivity contribution in [2.45, 2.75) is 11.8 Å². The zero-order chi connectivity index (χ0) is 26.5. The van der Waals surface area contributed by atoms with Gasteiger partial charge in [-0.15, -0.1) is 0 Å². The van der Waals surface area contributed by atoms with Crippen LogP contribution in [-0.2, 0) is 21.8 Å². The van der Waals surface area contributed by atoms with Gasteiger partial charge >= 0.3 is 5.97 Å². The third-order valence-electron chi connectivity index (χ3n) is 5.07. The molecule has 0 spiro atoms. The number of para-hydroxylation sites is 1. The number of amides is 1. The second-order valence-electron chi connectivity index (χ2n) is 7.52. The van der Waals surface area contributed by atoms with E-state index in [4.69, 9.17) is 14.2 Å². The number of aromatic nitrogens is 2. The van der Waals surface area contributed by atoms with Crippen molar-refractivity contribution >= 4 is 27.6 Å². The number of methoxy groups -OCH3 is 2. The van der Waals surface area contributed by atoms with E-state index >= 15 is 0 Å². The number of aromatic carboxylic acids is 1. The predicted octanol–water partition coefficient (Wildman–Crippen LogP) is 2.40. The van der Waals surface area contributed by atoms with Gasteiger partial charge in [0.2, 0.25) is 15.9 Å². The van der Waals surface area contributed by atoms with Crippen LogP contribution in [0.15, 0.2) is 47.4 Å². The molecule has 0 atom stereocenters. The first-order valence-corrected chi connectivity index (χ1v) is 12.1. The fourth-order valence-electron chi connectivity index (χ4n) is 3.33. The summed E-state index contributed by atoms with van der Waals surface area (Å²) in [7, 11) is 0.211. The number of rotatable bonds is 11. The number of ether oxygens (including phenoxy) is 3. The molecule has 13 heteroatoms. The second kappa shape index (κ2) is 11.2. The molecule has 0 bridgehead atoms. The number of aryl methyl sites for hydroxylation is 1. The molecule has 0 fully saturated rings. The highest BCUT2D eigenvalue weighted by molar-refractivity contribution is 7.89. The predicted molar refractivity (Wildman–Crippen MR) is 129 cm³/mol. The summed E-state index contributed by atoms with van der Waals surface area (Å²) in [5, 5.41) is 15.9. The molecule has 12 nitrogen and oxygen atoms in total. The number of hydrogen-bond donors (Lipinski definition) is 3. The van der Waals surface area contributed by atoms with Gasteiger partial charge in [0.1, 0.15) is 16.4 Å². The van der Waals surface area contributed by atoms with E-state index in [0.717, 1.165) is 0 Å². The number of carboxylic acids is 1. The van der Waals surface area contributed by atoms with Crippen LogP contribution in [0.2, 0.25) is 0 Å². The Morgan fingerprint density at radius 3 is 2.47 bits per heavy atom. The van der Waals surface area contributed by atoms with Gasteiger partial charge in [0.05, 0.1) is 19.3 Å². The van der Waals surface area contributed by atoms with Gasteiger partial charge in [-0.25, -0.2) is 22.6 Å². The van der Waals surface area contributed by atoms with Gasteiger partial charge in [-0.05, 0) is 37.3 Å². The molecule has 3 aromatic rings. The zero-order valence-corrected chi connectivity index (χ0v) is 20.9. The summed E-state index contributed by atoms with van der Waals surface area (Å²) in [5.41, 5.74) is 0.429. The van der Waals surface area contributed by atoms with Crippen molar-refractivity contribution in [3.63, 3.8) is 0 Å². The van der Waals surface area contributed by atoms with Gasteiger partial charge in [-0.3, -0.25) is 4.79 Å². The highest BCUT2D eigenvalue weighted by Crippen LogP contribution is 2.34. The van der Waals surface area contributed by atoms with E-state index in [-0.39, 0.29) is 52.2 Å². The van der Waals surface area contributed by atoms with Crippen molar-refractivity contribution < 1.29 is 37.3 Å². The number of nitrogens with zero attached hydrogens (tertiary/aromatic N) is 2. The number of nitrogens with one attached hydrogen (secondary N) is 2. The number of sulfonamides is 1. The Bertz CT molecular complexity index is 1380. The molecule has 0 saturated carbocycles. The molecule has 0 aliphatic rings. The smallest absolute Gasteiger partial charge is 0.356 e. The highest BCUT2D eigenvalue weighted by atomic mass is 32.2. The van der Waals surface area contributed by atoms with E-state index in [1.54, 1.807) is 24.3 Å². The molecular weight excluding hydrogens is 492 g/mol. The maximum absolute atomic E-state index is 13.1. The maximum atomic E-state index is 13.1. The molecule has 3 rings (SSSR count). The summed E-state index contributed by atoms with van der Waals surface area (Å²) in [6.07, 6.45) is 0. The van der Waals surface area contributed by atoms with Gasteiger partial charge < -0.3 is 24.6 Å². The summed E-state index contributed by atoms with van der Waals surface area (Å²) < 4.78 is 45.8. The van der Waals surface area contributed by atoms with Gasteiger partial charge in [-0.2, -0.15) is 5.10 Å². The molecule has 0 radical (unpaired) electrons. The number of anilines is 1. The Kier molecular flexibility index (Phi) is 8.29. The van der Waals surface area contributed by atoms with Crippen molar-refractivity contribution in [3.05, 3.63) is 59.3 Å². The van der Waals surface area contributed by atoms with Crippen molar-refractivity contribution in [1.82, 2.24) is 14.5 Å². The first-order chi connectivity index (χ1) is 17.1. The van der Waals surface area contributed by atoms with Gasteiger partial charge in [0.25, 0.3) is 5.91 Å². The topological polar surface area (TPSA) is 158 Å². The molecule has 0 aliphatic carbocycles. The summed E-state index contributed by atoms with van der Waals surface area (Å²) in [6.45, 7) is 1.62. The normalized spacial score (nSPS) is 11.2. The number of carboxylic acid groups (broad SMARTS) is 1. The minimum Gasteiger partial charge on any atom is -0.496 e. The van der Waals surface area contributed by atoms with E-state index < -0.39 is 21.9 Å². The summed E-state index contributed by atoms with van der Waals surface area (Å²) >= 11 is 0. The standard InChI is InChI=1S/C23H26N4O8S/c1-14-20(23(29)30)26-27(2)22(14)35-18-10-9-15(13-19(18)36(31,32)24-11-12-33-3)25-21(28)16-7-5-6-8-17(16)34-4/h5-10,13,24H,11-12H2,1-4H3,(H,25,28)(H,29,30). The third-order valence-corrected chi connectivity index (χ3v) is 6.55. The zero-order valence-electron chi connectivity index (χ0n) is 20.1. The number of carbonyl (C=O) groups is 2. The van der Waals surface area contributed by atoms with Crippen molar-refractivity contribution in [2.24, 2.45) is 7.05 Å². The Morgan fingerprint density at radius 2 is 1.83 bits per heavy atom. The van der Waals surface area contributed by atoms with E-state index in [9.17, 15) is 23.1 Å². The van der Waals surface area contributed by atoms with Crippen molar-refractivity contribution in [1.29, 1.82) is 0 Å². The highest BCUT2D eigenvalue weighted by Gasteiger charge is 2.25. The van der Waals surface area contributed by atoms with Gasteiger partial charge in [-0.1, -0.05) is 12.1 Å². The average Bonchev–Trinajstić information content (AvgIpc) is 3.13. The van der Waals surface area contributed by atoms with Crippen molar-refractivity contribution in [2.75, 3.05) is 32.7 Å². The maximum Gasteiger partial charge on any atom is 0.356 e. The molecule has 1 heterocycles. The van der Waals surface area contributed by atoms with E-state index in [1.165, 1.54) is 51.1 Å². The lowest BCUT2D eigenvalue weighted by molar-refractivity contribution is 0.0688. The number of carbonyl (C=O) groups excluding carboxylic acids is 1. The molecule has 0 saturated heterocycles. The fourth-order valence-corrected chi connectivity index (χ4v) is 4.50. The summed E-state index contributed by atoms with van der Waals surface area (Å²) in [4.78, 5) is 24.0. The Hall–Kier alpha value is -3.94. The van der Waals surface area contributed by atoms with Crippen LogP contribution < -0.4 is 19.5 Å². The van der Waals surface area contributed by atoms with Crippen LogP contribution >= 0.6 is 0 Å². The molecule has 1 amide bonds. The average molecular weight is 519 g/mol. The number of benzene rings is 2. The van der Waals surface area contributed by atoms with Crippen LogP contribution in [0.1, 0.15) is 26.4 Å². The number of hydrogen-bond acceptors (Lipinski definition) is 8. The lowest BCUT2D eigenvalue weighted by Crippen LogP contribution is -2.27. The minimum atomic E-state index is -4.13. The quantitative estimate of drug-likeness (QED) is 0.324. The SMILES string of the molecule is COCCNS(=O)(=O)c1cc(NC(=O)c2ccccc2OC)ccc1Oc1c(C)c(C(=O)O)nn1C. The molecule has 36 heavy (non-hydrogen) atoms. The van der Waals surface area contributed by atoms with E-state index in [0.29, 0.717) is 5.75 Å². The fraction of sp³-hybridized carbons (Fsp3) is 0.261. The van der Waals surface area contributed by atoms with Crippen LogP contribution in [0.5, 0.6) is 17.4 Å².